The van der Waals surface area contributed by atoms with Gasteiger partial charge in [0.1, 0.15) is 5.82 Å². The Morgan fingerprint density at radius 2 is 2.31 bits per heavy atom. The van der Waals surface area contributed by atoms with Crippen molar-refractivity contribution in [3.8, 4) is 6.07 Å². The molecule has 16 heavy (non-hydrogen) atoms. The third-order valence-corrected chi connectivity index (χ3v) is 3.77. The van der Waals surface area contributed by atoms with Crippen LogP contribution in [-0.2, 0) is 10.0 Å². The number of pyridine rings is 1. The first-order chi connectivity index (χ1) is 7.49. The smallest absolute Gasteiger partial charge is 0.250 e. The predicted octanol–water partition coefficient (Wildman–Crippen LogP) is 1.78. The van der Waals surface area contributed by atoms with E-state index in [-0.39, 0.29) is 12.2 Å². The Hall–Kier alpha value is -1.32. The molecule has 1 heterocycles. The molecule has 1 N–H and O–H groups in total. The molecular formula is C9H10ClN3O2S. The van der Waals surface area contributed by atoms with Crippen molar-refractivity contribution < 1.29 is 8.42 Å². The highest BCUT2D eigenvalue weighted by Gasteiger charge is 2.23. The van der Waals surface area contributed by atoms with E-state index < -0.39 is 15.3 Å². The fraction of sp³-hybridized carbons (Fsp3) is 0.333. The second-order valence-corrected chi connectivity index (χ2v) is 5.33. The van der Waals surface area contributed by atoms with Gasteiger partial charge in [0.2, 0.25) is 10.0 Å². The largest absolute Gasteiger partial charge is 0.266 e. The van der Waals surface area contributed by atoms with Crippen molar-refractivity contribution in [2.45, 2.75) is 18.6 Å². The monoisotopic (exact) mass is 259 g/mol. The van der Waals surface area contributed by atoms with E-state index in [1.54, 1.807) is 13.0 Å². The van der Waals surface area contributed by atoms with Crippen LogP contribution in [-0.4, -0.2) is 18.7 Å². The number of sulfonamides is 1. The Balaban J connectivity index is 2.89. The molecule has 0 aliphatic rings. The van der Waals surface area contributed by atoms with Gasteiger partial charge in [-0.1, -0.05) is 18.5 Å². The molecule has 1 aromatic heterocycles. The summed E-state index contributed by atoms with van der Waals surface area (Å²) in [5, 5.41) is 8.01. The van der Waals surface area contributed by atoms with E-state index in [1.165, 1.54) is 18.3 Å². The van der Waals surface area contributed by atoms with Gasteiger partial charge in [0.25, 0.3) is 0 Å². The number of rotatable bonds is 4. The third kappa shape index (κ3) is 3.08. The molecule has 0 amide bonds. The van der Waals surface area contributed by atoms with Gasteiger partial charge in [0.15, 0.2) is 5.25 Å². The number of hydrogen-bond acceptors (Lipinski definition) is 4. The van der Waals surface area contributed by atoms with E-state index >= 15 is 0 Å². The van der Waals surface area contributed by atoms with Crippen molar-refractivity contribution in [1.82, 2.24) is 4.98 Å². The average molecular weight is 260 g/mol. The minimum atomic E-state index is -3.71. The molecule has 0 spiro atoms. The fourth-order valence-electron chi connectivity index (χ4n) is 1.03. The molecule has 0 radical (unpaired) electrons. The summed E-state index contributed by atoms with van der Waals surface area (Å²) in [5.41, 5.74) is 0. The maximum absolute atomic E-state index is 11.6. The summed E-state index contributed by atoms with van der Waals surface area (Å²) in [6.45, 7) is 1.63. The van der Waals surface area contributed by atoms with Gasteiger partial charge < -0.3 is 0 Å². The Morgan fingerprint density at radius 1 is 1.62 bits per heavy atom. The molecule has 86 valence electrons. The molecule has 0 aliphatic heterocycles. The minimum absolute atomic E-state index is 0.151. The molecule has 1 atom stereocenters. The number of hydrogen-bond donors (Lipinski definition) is 1. The summed E-state index contributed by atoms with van der Waals surface area (Å²) in [5.74, 6) is 0.151. The van der Waals surface area contributed by atoms with Gasteiger partial charge in [-0.15, -0.1) is 0 Å². The zero-order valence-electron chi connectivity index (χ0n) is 8.51. The Bertz CT molecular complexity index is 492. The maximum atomic E-state index is 11.6. The van der Waals surface area contributed by atoms with Crippen LogP contribution in [0.5, 0.6) is 0 Å². The summed E-state index contributed by atoms with van der Waals surface area (Å²) < 4.78 is 25.5. The number of nitrogens with one attached hydrogen (secondary N) is 1. The standard InChI is InChI=1S/C9H10ClN3O2S/c1-2-8(5-11)16(14,15)13-9-4-3-7(10)6-12-9/h3-4,6,8H,2H2,1H3,(H,12,13). The van der Waals surface area contributed by atoms with Crippen LogP contribution in [0.25, 0.3) is 0 Å². The van der Waals surface area contributed by atoms with Crippen molar-refractivity contribution >= 4 is 27.4 Å². The summed E-state index contributed by atoms with van der Waals surface area (Å²) >= 11 is 5.61. The van der Waals surface area contributed by atoms with Crippen molar-refractivity contribution in [2.75, 3.05) is 4.72 Å². The van der Waals surface area contributed by atoms with Crippen molar-refractivity contribution in [3.05, 3.63) is 23.4 Å². The second kappa shape index (κ2) is 5.14. The topological polar surface area (TPSA) is 82.8 Å². The van der Waals surface area contributed by atoms with Crippen LogP contribution in [0.1, 0.15) is 13.3 Å². The van der Waals surface area contributed by atoms with Gasteiger partial charge in [-0.3, -0.25) is 4.72 Å². The summed E-state index contributed by atoms with van der Waals surface area (Å²) in [4.78, 5) is 3.78. The van der Waals surface area contributed by atoms with Gasteiger partial charge in [-0.25, -0.2) is 13.4 Å². The number of nitrogens with zero attached hydrogens (tertiary/aromatic N) is 2. The SMILES string of the molecule is CCC(C#N)S(=O)(=O)Nc1ccc(Cl)cn1. The fourth-order valence-corrected chi connectivity index (χ4v) is 2.28. The Kier molecular flexibility index (Phi) is 4.10. The van der Waals surface area contributed by atoms with Crippen LogP contribution >= 0.6 is 11.6 Å². The lowest BCUT2D eigenvalue weighted by Gasteiger charge is -2.10. The van der Waals surface area contributed by atoms with Gasteiger partial charge in [0, 0.05) is 6.20 Å². The first-order valence-corrected chi connectivity index (χ1v) is 6.45. The number of halogens is 1. The van der Waals surface area contributed by atoms with E-state index in [4.69, 9.17) is 16.9 Å². The highest BCUT2D eigenvalue weighted by Crippen LogP contribution is 2.13. The molecule has 7 heteroatoms. The quantitative estimate of drug-likeness (QED) is 0.893. The van der Waals surface area contributed by atoms with Crippen LogP contribution in [0.3, 0.4) is 0 Å². The van der Waals surface area contributed by atoms with Crippen molar-refractivity contribution in [2.24, 2.45) is 0 Å². The average Bonchev–Trinajstić information content (AvgIpc) is 2.22. The predicted molar refractivity (Wildman–Crippen MR) is 61.5 cm³/mol. The molecule has 0 aromatic carbocycles. The molecule has 0 aliphatic carbocycles. The van der Waals surface area contributed by atoms with Crippen LogP contribution in [0.15, 0.2) is 18.3 Å². The normalized spacial score (nSPS) is 12.8. The van der Waals surface area contributed by atoms with E-state index in [0.717, 1.165) is 0 Å². The Morgan fingerprint density at radius 3 is 2.75 bits per heavy atom. The van der Waals surface area contributed by atoms with Crippen LogP contribution < -0.4 is 4.72 Å². The molecule has 0 fully saturated rings. The highest BCUT2D eigenvalue weighted by atomic mass is 35.5. The first-order valence-electron chi connectivity index (χ1n) is 4.52. The number of aromatic nitrogens is 1. The number of anilines is 1. The van der Waals surface area contributed by atoms with Crippen LogP contribution in [0.4, 0.5) is 5.82 Å². The van der Waals surface area contributed by atoms with E-state index in [9.17, 15) is 8.42 Å². The van der Waals surface area contributed by atoms with E-state index in [2.05, 4.69) is 9.71 Å². The molecular weight excluding hydrogens is 250 g/mol. The zero-order valence-corrected chi connectivity index (χ0v) is 10.1. The molecule has 0 saturated carbocycles. The lowest BCUT2D eigenvalue weighted by Crippen LogP contribution is -2.26. The van der Waals surface area contributed by atoms with Gasteiger partial charge >= 0.3 is 0 Å². The minimum Gasteiger partial charge on any atom is -0.266 e. The molecule has 0 saturated heterocycles. The summed E-state index contributed by atoms with van der Waals surface area (Å²) in [6.07, 6.45) is 1.55. The van der Waals surface area contributed by atoms with Gasteiger partial charge in [-0.2, -0.15) is 5.26 Å². The molecule has 1 rings (SSSR count). The third-order valence-electron chi connectivity index (χ3n) is 1.86. The van der Waals surface area contributed by atoms with E-state index in [0.29, 0.717) is 5.02 Å². The molecule has 1 aromatic rings. The van der Waals surface area contributed by atoms with Crippen LogP contribution in [0, 0.1) is 11.3 Å². The second-order valence-electron chi connectivity index (χ2n) is 3.03. The summed E-state index contributed by atoms with van der Waals surface area (Å²) in [6, 6.07) is 4.67. The Labute approximate surface area is 99.1 Å². The molecule has 0 bridgehead atoms. The molecule has 5 nitrogen and oxygen atoms in total. The highest BCUT2D eigenvalue weighted by molar-refractivity contribution is 7.93. The van der Waals surface area contributed by atoms with Crippen molar-refractivity contribution in [1.29, 1.82) is 5.26 Å². The first kappa shape index (κ1) is 12.7. The van der Waals surface area contributed by atoms with Gasteiger partial charge in [0.05, 0.1) is 11.1 Å². The lowest BCUT2D eigenvalue weighted by atomic mass is 10.4. The van der Waals surface area contributed by atoms with E-state index in [1.807, 2.05) is 0 Å². The van der Waals surface area contributed by atoms with Crippen molar-refractivity contribution in [3.63, 3.8) is 0 Å². The lowest BCUT2D eigenvalue weighted by molar-refractivity contribution is 0.592. The maximum Gasteiger partial charge on any atom is 0.250 e. The van der Waals surface area contributed by atoms with Gasteiger partial charge in [-0.05, 0) is 18.6 Å². The molecule has 1 unspecified atom stereocenters. The van der Waals surface area contributed by atoms with Crippen LogP contribution in [0.2, 0.25) is 5.02 Å². The zero-order chi connectivity index (χ0) is 12.2. The summed E-state index contributed by atoms with van der Waals surface area (Å²) in [7, 11) is -3.71. The number of nitriles is 1.